The van der Waals surface area contributed by atoms with E-state index >= 15 is 0 Å². The number of aliphatic hydroxyl groups is 1. The second-order valence-electron chi connectivity index (χ2n) is 7.28. The van der Waals surface area contributed by atoms with Gasteiger partial charge >= 0.3 is 5.92 Å². The van der Waals surface area contributed by atoms with Gasteiger partial charge in [0.25, 0.3) is 0 Å². The van der Waals surface area contributed by atoms with E-state index in [1.807, 2.05) is 0 Å². The average Bonchev–Trinajstić information content (AvgIpc) is 2.68. The summed E-state index contributed by atoms with van der Waals surface area (Å²) >= 11 is 0. The summed E-state index contributed by atoms with van der Waals surface area (Å²) in [5, 5.41) is 10.0. The highest BCUT2D eigenvalue weighted by Gasteiger charge is 2.39. The van der Waals surface area contributed by atoms with Crippen LogP contribution in [0.1, 0.15) is 63.9 Å². The molecule has 1 aliphatic rings. The number of halogens is 2. The fraction of sp³-hybridized carbons (Fsp3) is 0.591. The largest absolute Gasteiger partial charge is 0.382 e. The third kappa shape index (κ3) is 6.13. The molecular weight excluding hydrogens is 348 g/mol. The molecule has 0 aromatic heterocycles. The first kappa shape index (κ1) is 21.5. The molecule has 1 heterocycles. The van der Waals surface area contributed by atoms with Crippen LogP contribution in [-0.2, 0) is 10.7 Å². The summed E-state index contributed by atoms with van der Waals surface area (Å²) < 4.78 is 28.8. The molecule has 3 nitrogen and oxygen atoms in total. The van der Waals surface area contributed by atoms with Crippen molar-refractivity contribution < 1.29 is 18.7 Å². The second-order valence-corrected chi connectivity index (χ2v) is 7.28. The molecule has 0 radical (unpaired) electrons. The summed E-state index contributed by atoms with van der Waals surface area (Å²) in [5.74, 6) is -3.28. The third-order valence-electron chi connectivity index (χ3n) is 5.16. The summed E-state index contributed by atoms with van der Waals surface area (Å²) in [4.78, 5) is 14.1. The van der Waals surface area contributed by atoms with Gasteiger partial charge in [0, 0.05) is 18.5 Å². The molecule has 1 fully saturated rings. The van der Waals surface area contributed by atoms with Crippen molar-refractivity contribution in [2.24, 2.45) is 0 Å². The minimum atomic E-state index is -3.36. The zero-order chi connectivity index (χ0) is 19.7. The van der Waals surface area contributed by atoms with Crippen LogP contribution in [-0.4, -0.2) is 34.6 Å². The molecule has 0 bridgehead atoms. The number of alkyl halides is 2. The van der Waals surface area contributed by atoms with E-state index in [4.69, 9.17) is 0 Å². The fourth-order valence-electron chi connectivity index (χ4n) is 3.51. The molecule has 0 aliphatic carbocycles. The van der Waals surface area contributed by atoms with Crippen LogP contribution < -0.4 is 0 Å². The first-order valence-electron chi connectivity index (χ1n) is 10.1. The van der Waals surface area contributed by atoms with E-state index in [0.29, 0.717) is 13.0 Å². The fourth-order valence-corrected chi connectivity index (χ4v) is 3.51. The number of rotatable bonds is 10. The van der Waals surface area contributed by atoms with Crippen LogP contribution in [0.15, 0.2) is 42.5 Å². The van der Waals surface area contributed by atoms with E-state index in [9.17, 15) is 18.7 Å². The molecule has 1 amide bonds. The number of likely N-dealkylation sites (tertiary alicyclic amines) is 1. The lowest BCUT2D eigenvalue weighted by Crippen LogP contribution is -2.43. The molecule has 1 N–H and O–H groups in total. The first-order chi connectivity index (χ1) is 13.0. The van der Waals surface area contributed by atoms with Gasteiger partial charge in [-0.25, -0.2) is 0 Å². The number of unbranched alkanes of at least 4 members (excludes halogenated alkanes) is 4. The summed E-state index contributed by atoms with van der Waals surface area (Å²) in [5.41, 5.74) is -0.213. The summed E-state index contributed by atoms with van der Waals surface area (Å²) in [7, 11) is 0. The van der Waals surface area contributed by atoms with Crippen LogP contribution in [0.4, 0.5) is 8.78 Å². The van der Waals surface area contributed by atoms with E-state index in [2.05, 4.69) is 6.92 Å². The Morgan fingerprint density at radius 2 is 1.93 bits per heavy atom. The SMILES string of the molecule is CCCCCCCN1C(=O)CCCC1/C=C/C(O)C(F)(F)c1ccccc1. The molecule has 0 saturated carbocycles. The van der Waals surface area contributed by atoms with Crippen LogP contribution in [0.2, 0.25) is 0 Å². The van der Waals surface area contributed by atoms with Crippen molar-refractivity contribution in [3.05, 3.63) is 48.0 Å². The maximum absolute atomic E-state index is 14.4. The standard InChI is InChI=1S/C22H31F2NO2/c1-2-3-4-5-9-17-25-19(13-10-14-21(25)27)15-16-20(26)22(23,24)18-11-7-6-8-12-18/h6-8,11-12,15-16,19-20,26H,2-5,9-10,13-14,17H2,1H3/b16-15+. The molecule has 5 heteroatoms. The Bertz CT molecular complexity index is 604. The maximum atomic E-state index is 14.4. The molecule has 1 aromatic carbocycles. The lowest BCUT2D eigenvalue weighted by Gasteiger charge is -2.34. The van der Waals surface area contributed by atoms with E-state index in [-0.39, 0.29) is 17.5 Å². The van der Waals surface area contributed by atoms with Crippen molar-refractivity contribution in [1.82, 2.24) is 4.90 Å². The highest BCUT2D eigenvalue weighted by molar-refractivity contribution is 5.77. The normalized spacial score (nSPS) is 19.6. The number of amides is 1. The number of piperidine rings is 1. The van der Waals surface area contributed by atoms with E-state index < -0.39 is 12.0 Å². The number of carbonyl (C=O) groups excluding carboxylic acids is 1. The predicted octanol–water partition coefficient (Wildman–Crippen LogP) is 5.05. The van der Waals surface area contributed by atoms with E-state index in [1.54, 1.807) is 17.0 Å². The zero-order valence-corrected chi connectivity index (χ0v) is 16.1. The van der Waals surface area contributed by atoms with Crippen molar-refractivity contribution in [3.8, 4) is 0 Å². The molecular formula is C22H31F2NO2. The quantitative estimate of drug-likeness (QED) is 0.457. The van der Waals surface area contributed by atoms with Crippen molar-refractivity contribution in [3.63, 3.8) is 0 Å². The molecule has 2 unspecified atom stereocenters. The maximum Gasteiger partial charge on any atom is 0.302 e. The van der Waals surface area contributed by atoms with Crippen LogP contribution >= 0.6 is 0 Å². The molecule has 1 saturated heterocycles. The van der Waals surface area contributed by atoms with Crippen molar-refractivity contribution >= 4 is 5.91 Å². The number of hydrogen-bond donors (Lipinski definition) is 1. The molecule has 2 rings (SSSR count). The summed E-state index contributed by atoms with van der Waals surface area (Å²) in [6.45, 7) is 2.81. The number of benzene rings is 1. The molecule has 1 aliphatic heterocycles. The smallest absolute Gasteiger partial charge is 0.302 e. The first-order valence-corrected chi connectivity index (χ1v) is 10.1. The number of nitrogens with zero attached hydrogens (tertiary/aromatic N) is 1. The van der Waals surface area contributed by atoms with Gasteiger partial charge in [0.1, 0.15) is 6.10 Å². The summed E-state index contributed by atoms with van der Waals surface area (Å²) in [6.07, 6.45) is 8.37. The van der Waals surface area contributed by atoms with Gasteiger partial charge in [-0.3, -0.25) is 4.79 Å². The minimum absolute atomic E-state index is 0.0794. The molecule has 0 spiro atoms. The van der Waals surface area contributed by atoms with Gasteiger partial charge in [-0.15, -0.1) is 0 Å². The molecule has 2 atom stereocenters. The number of hydrogen-bond acceptors (Lipinski definition) is 2. The van der Waals surface area contributed by atoms with Gasteiger partial charge in [0.05, 0.1) is 6.04 Å². The molecule has 150 valence electrons. The third-order valence-corrected chi connectivity index (χ3v) is 5.16. The Morgan fingerprint density at radius 3 is 2.63 bits per heavy atom. The topological polar surface area (TPSA) is 40.5 Å². The Labute approximate surface area is 161 Å². The van der Waals surface area contributed by atoms with Crippen LogP contribution in [0.5, 0.6) is 0 Å². The Morgan fingerprint density at radius 1 is 1.22 bits per heavy atom. The monoisotopic (exact) mass is 379 g/mol. The Balaban J connectivity index is 1.98. The van der Waals surface area contributed by atoms with Gasteiger partial charge in [-0.1, -0.05) is 75.1 Å². The second kappa shape index (κ2) is 10.5. The molecule has 1 aromatic rings. The Kier molecular flexibility index (Phi) is 8.42. The lowest BCUT2D eigenvalue weighted by atomic mass is 9.98. The molecule has 27 heavy (non-hydrogen) atoms. The predicted molar refractivity (Wildman–Crippen MR) is 104 cm³/mol. The van der Waals surface area contributed by atoms with Crippen LogP contribution in [0.25, 0.3) is 0 Å². The van der Waals surface area contributed by atoms with Gasteiger partial charge in [0.15, 0.2) is 0 Å². The van der Waals surface area contributed by atoms with Crippen molar-refractivity contribution in [1.29, 1.82) is 0 Å². The van der Waals surface area contributed by atoms with Crippen LogP contribution in [0, 0.1) is 0 Å². The highest BCUT2D eigenvalue weighted by Crippen LogP contribution is 2.32. The summed E-state index contributed by atoms with van der Waals surface area (Å²) in [6, 6.07) is 7.12. The highest BCUT2D eigenvalue weighted by atomic mass is 19.3. The Hall–Kier alpha value is -1.75. The van der Waals surface area contributed by atoms with Crippen LogP contribution in [0.3, 0.4) is 0 Å². The van der Waals surface area contributed by atoms with Gasteiger partial charge in [-0.2, -0.15) is 8.78 Å². The van der Waals surface area contributed by atoms with E-state index in [0.717, 1.165) is 38.2 Å². The number of carbonyl (C=O) groups is 1. The van der Waals surface area contributed by atoms with Crippen molar-refractivity contribution in [2.45, 2.75) is 76.4 Å². The van der Waals surface area contributed by atoms with Gasteiger partial charge in [-0.05, 0) is 19.3 Å². The lowest BCUT2D eigenvalue weighted by molar-refractivity contribution is -0.135. The van der Waals surface area contributed by atoms with Crippen molar-refractivity contribution in [2.75, 3.05) is 6.54 Å². The van der Waals surface area contributed by atoms with Gasteiger partial charge in [0.2, 0.25) is 5.91 Å². The minimum Gasteiger partial charge on any atom is -0.382 e. The zero-order valence-electron chi connectivity index (χ0n) is 16.1. The number of aliphatic hydroxyl groups excluding tert-OH is 1. The average molecular weight is 379 g/mol. The van der Waals surface area contributed by atoms with E-state index in [1.165, 1.54) is 37.1 Å². The van der Waals surface area contributed by atoms with Gasteiger partial charge < -0.3 is 10.0 Å².